The number of imidazole rings is 1. The number of aryl methyl sites for hydroxylation is 1. The standard InChI is InChI=1S/C27H28F3N3O/c1-18-5-14-24-23(15-18)32-25(31-16-19-6-8-20(9-7-19)26(2,3)4)33(24)21-10-12-22(13-11-21)34-17-27(28,29)30/h5-15H,16-17H2,1-4H3,(H,31,32). The summed E-state index contributed by atoms with van der Waals surface area (Å²) < 4.78 is 44.2. The average molecular weight is 468 g/mol. The number of benzene rings is 3. The first-order valence-corrected chi connectivity index (χ1v) is 11.1. The highest BCUT2D eigenvalue weighted by molar-refractivity contribution is 5.82. The van der Waals surface area contributed by atoms with Crippen LogP contribution in [0.5, 0.6) is 5.75 Å². The van der Waals surface area contributed by atoms with Crippen molar-refractivity contribution in [1.82, 2.24) is 9.55 Å². The van der Waals surface area contributed by atoms with Gasteiger partial charge in [-0.25, -0.2) is 4.98 Å². The molecular formula is C27H28F3N3O. The molecule has 0 fully saturated rings. The van der Waals surface area contributed by atoms with Crippen LogP contribution >= 0.6 is 0 Å². The van der Waals surface area contributed by atoms with E-state index >= 15 is 0 Å². The van der Waals surface area contributed by atoms with Gasteiger partial charge in [-0.3, -0.25) is 4.57 Å². The first-order chi connectivity index (χ1) is 16.0. The van der Waals surface area contributed by atoms with E-state index in [4.69, 9.17) is 9.72 Å². The molecule has 7 heteroatoms. The van der Waals surface area contributed by atoms with E-state index in [1.165, 1.54) is 17.7 Å². The van der Waals surface area contributed by atoms with Crippen molar-refractivity contribution in [1.29, 1.82) is 0 Å². The number of nitrogens with zero attached hydrogens (tertiary/aromatic N) is 2. The molecule has 0 saturated heterocycles. The van der Waals surface area contributed by atoms with Gasteiger partial charge in [-0.1, -0.05) is 51.1 Å². The second-order valence-electron chi connectivity index (χ2n) is 9.46. The van der Waals surface area contributed by atoms with E-state index < -0.39 is 12.8 Å². The van der Waals surface area contributed by atoms with Crippen molar-refractivity contribution >= 4 is 17.0 Å². The lowest BCUT2D eigenvalue weighted by atomic mass is 9.87. The number of hydrogen-bond acceptors (Lipinski definition) is 3. The topological polar surface area (TPSA) is 39.1 Å². The van der Waals surface area contributed by atoms with Crippen LogP contribution in [0, 0.1) is 6.92 Å². The quantitative estimate of drug-likeness (QED) is 0.326. The van der Waals surface area contributed by atoms with Gasteiger partial charge < -0.3 is 10.1 Å². The number of nitrogens with one attached hydrogen (secondary N) is 1. The minimum Gasteiger partial charge on any atom is -0.484 e. The first kappa shape index (κ1) is 23.7. The zero-order valence-corrected chi connectivity index (χ0v) is 19.7. The Kier molecular flexibility index (Phi) is 6.30. The third-order valence-corrected chi connectivity index (χ3v) is 5.58. The van der Waals surface area contributed by atoms with Gasteiger partial charge in [-0.2, -0.15) is 13.2 Å². The fourth-order valence-corrected chi connectivity index (χ4v) is 3.73. The van der Waals surface area contributed by atoms with Crippen molar-refractivity contribution in [3.63, 3.8) is 0 Å². The van der Waals surface area contributed by atoms with Crippen molar-refractivity contribution in [2.24, 2.45) is 0 Å². The van der Waals surface area contributed by atoms with Gasteiger partial charge in [-0.15, -0.1) is 0 Å². The average Bonchev–Trinajstić information content (AvgIpc) is 3.13. The van der Waals surface area contributed by atoms with E-state index in [-0.39, 0.29) is 11.2 Å². The number of fused-ring (bicyclic) bond motifs is 1. The maximum atomic E-state index is 12.5. The lowest BCUT2D eigenvalue weighted by Crippen LogP contribution is -2.19. The zero-order chi connectivity index (χ0) is 24.5. The Balaban J connectivity index is 1.61. The van der Waals surface area contributed by atoms with Crippen molar-refractivity contribution in [3.8, 4) is 11.4 Å². The Morgan fingerprint density at radius 2 is 1.59 bits per heavy atom. The van der Waals surface area contributed by atoms with Crippen LogP contribution in [0.1, 0.15) is 37.5 Å². The van der Waals surface area contributed by atoms with Gasteiger partial charge in [0.1, 0.15) is 5.75 Å². The molecule has 0 bridgehead atoms. The largest absolute Gasteiger partial charge is 0.484 e. The Morgan fingerprint density at radius 3 is 2.21 bits per heavy atom. The predicted octanol–water partition coefficient (Wildman–Crippen LogP) is 7.18. The van der Waals surface area contributed by atoms with Crippen LogP contribution in [0.15, 0.2) is 66.7 Å². The summed E-state index contributed by atoms with van der Waals surface area (Å²) in [4.78, 5) is 4.78. The molecule has 0 amide bonds. The number of halogens is 3. The molecule has 178 valence electrons. The SMILES string of the molecule is Cc1ccc2c(c1)nc(NCc1ccc(C(C)(C)C)cc1)n2-c1ccc(OCC(F)(F)F)cc1. The molecule has 1 aromatic heterocycles. The molecule has 3 aromatic carbocycles. The van der Waals surface area contributed by atoms with Crippen molar-refractivity contribution < 1.29 is 17.9 Å². The van der Waals surface area contributed by atoms with Gasteiger partial charge in [0.25, 0.3) is 0 Å². The predicted molar refractivity (Wildman–Crippen MR) is 130 cm³/mol. The van der Waals surface area contributed by atoms with Crippen molar-refractivity contribution in [2.75, 3.05) is 11.9 Å². The van der Waals surface area contributed by atoms with Crippen LogP contribution in [0.2, 0.25) is 0 Å². The molecule has 0 radical (unpaired) electrons. The second kappa shape index (κ2) is 9.05. The van der Waals surface area contributed by atoms with E-state index in [1.807, 2.05) is 29.7 Å². The Morgan fingerprint density at radius 1 is 0.912 bits per heavy atom. The number of alkyl halides is 3. The number of hydrogen-bond donors (Lipinski definition) is 1. The van der Waals surface area contributed by atoms with E-state index in [0.717, 1.165) is 27.8 Å². The number of anilines is 1. The van der Waals surface area contributed by atoms with Crippen molar-refractivity contribution in [3.05, 3.63) is 83.4 Å². The Labute approximate surface area is 197 Å². The molecule has 1 N–H and O–H groups in total. The zero-order valence-electron chi connectivity index (χ0n) is 19.7. The molecule has 4 nitrogen and oxygen atoms in total. The fourth-order valence-electron chi connectivity index (χ4n) is 3.73. The summed E-state index contributed by atoms with van der Waals surface area (Å²) in [6.07, 6.45) is -4.38. The normalized spacial score (nSPS) is 12.2. The number of rotatable bonds is 6. The van der Waals surface area contributed by atoms with Gasteiger partial charge >= 0.3 is 6.18 Å². The van der Waals surface area contributed by atoms with E-state index in [0.29, 0.717) is 12.5 Å². The summed E-state index contributed by atoms with van der Waals surface area (Å²) in [6, 6.07) is 21.1. The lowest BCUT2D eigenvalue weighted by molar-refractivity contribution is -0.153. The highest BCUT2D eigenvalue weighted by atomic mass is 19.4. The van der Waals surface area contributed by atoms with Crippen LogP contribution in [-0.4, -0.2) is 22.3 Å². The van der Waals surface area contributed by atoms with Crippen LogP contribution in [0.25, 0.3) is 16.7 Å². The fraction of sp³-hybridized carbons (Fsp3) is 0.296. The molecule has 34 heavy (non-hydrogen) atoms. The molecule has 0 aliphatic rings. The maximum Gasteiger partial charge on any atom is 0.422 e. The van der Waals surface area contributed by atoms with Crippen LogP contribution in [0.4, 0.5) is 19.1 Å². The summed E-state index contributed by atoms with van der Waals surface area (Å²) >= 11 is 0. The third kappa shape index (κ3) is 5.53. The highest BCUT2D eigenvalue weighted by Gasteiger charge is 2.28. The van der Waals surface area contributed by atoms with Gasteiger partial charge in [0.2, 0.25) is 5.95 Å². The molecule has 0 saturated carbocycles. The summed E-state index contributed by atoms with van der Waals surface area (Å²) in [5.41, 5.74) is 6.09. The molecule has 0 unspecified atom stereocenters. The number of ether oxygens (including phenoxy) is 1. The minimum atomic E-state index is -4.38. The minimum absolute atomic E-state index is 0.0910. The molecular weight excluding hydrogens is 439 g/mol. The Bertz CT molecular complexity index is 1270. The third-order valence-electron chi connectivity index (χ3n) is 5.58. The van der Waals surface area contributed by atoms with Gasteiger partial charge in [0, 0.05) is 12.2 Å². The molecule has 4 aromatic rings. The van der Waals surface area contributed by atoms with Crippen LogP contribution in [-0.2, 0) is 12.0 Å². The lowest BCUT2D eigenvalue weighted by Gasteiger charge is -2.19. The molecule has 0 aliphatic carbocycles. The van der Waals surface area contributed by atoms with Crippen molar-refractivity contribution in [2.45, 2.75) is 45.8 Å². The summed E-state index contributed by atoms with van der Waals surface area (Å²) in [5, 5.41) is 3.43. The van der Waals surface area contributed by atoms with Crippen LogP contribution in [0.3, 0.4) is 0 Å². The van der Waals surface area contributed by atoms with Crippen LogP contribution < -0.4 is 10.1 Å². The van der Waals surface area contributed by atoms with E-state index in [2.05, 4.69) is 50.4 Å². The highest BCUT2D eigenvalue weighted by Crippen LogP contribution is 2.28. The number of aromatic nitrogens is 2. The van der Waals surface area contributed by atoms with Gasteiger partial charge in [-0.05, 0) is 65.4 Å². The smallest absolute Gasteiger partial charge is 0.422 e. The Hall–Kier alpha value is -3.48. The summed E-state index contributed by atoms with van der Waals surface area (Å²) in [6.45, 7) is 7.83. The van der Waals surface area contributed by atoms with Gasteiger partial charge in [0.15, 0.2) is 6.61 Å². The first-order valence-electron chi connectivity index (χ1n) is 11.1. The molecule has 0 aliphatic heterocycles. The van der Waals surface area contributed by atoms with E-state index in [1.54, 1.807) is 12.1 Å². The van der Waals surface area contributed by atoms with Gasteiger partial charge in [0.05, 0.1) is 11.0 Å². The summed E-state index contributed by atoms with van der Waals surface area (Å²) in [7, 11) is 0. The molecule has 0 atom stereocenters. The summed E-state index contributed by atoms with van der Waals surface area (Å²) in [5.74, 6) is 0.819. The maximum absolute atomic E-state index is 12.5. The molecule has 4 rings (SSSR count). The molecule has 0 spiro atoms. The second-order valence-corrected chi connectivity index (χ2v) is 9.46. The monoisotopic (exact) mass is 467 g/mol. The molecule has 1 heterocycles. The van der Waals surface area contributed by atoms with E-state index in [9.17, 15) is 13.2 Å².